The first-order chi connectivity index (χ1) is 8.93. The largest absolute Gasteiger partial charge is 0.493 e. The molecule has 0 spiro atoms. The lowest BCUT2D eigenvalue weighted by Gasteiger charge is -2.17. The fourth-order valence-corrected chi connectivity index (χ4v) is 2.23. The second kappa shape index (κ2) is 7.72. The molecule has 0 aliphatic carbocycles. The second-order valence-electron chi connectivity index (χ2n) is 4.76. The maximum absolute atomic E-state index is 9.21. The zero-order chi connectivity index (χ0) is 14.4. The van der Waals surface area contributed by atoms with Crippen molar-refractivity contribution in [2.45, 2.75) is 39.5 Å². The van der Waals surface area contributed by atoms with Crippen molar-refractivity contribution in [2.24, 2.45) is 0 Å². The van der Waals surface area contributed by atoms with Crippen molar-refractivity contribution in [3.63, 3.8) is 0 Å². The highest BCUT2D eigenvalue weighted by Gasteiger charge is 2.13. The van der Waals surface area contributed by atoms with Crippen LogP contribution >= 0.6 is 15.9 Å². The first-order valence-corrected chi connectivity index (χ1v) is 7.15. The molecule has 0 bridgehead atoms. The van der Waals surface area contributed by atoms with E-state index < -0.39 is 0 Å². The van der Waals surface area contributed by atoms with Gasteiger partial charge in [0, 0.05) is 13.1 Å². The van der Waals surface area contributed by atoms with Crippen LogP contribution in [0.4, 0.5) is 0 Å². The van der Waals surface area contributed by atoms with Gasteiger partial charge in [-0.2, -0.15) is 0 Å². The van der Waals surface area contributed by atoms with Gasteiger partial charge in [-0.3, -0.25) is 0 Å². The van der Waals surface area contributed by atoms with Crippen molar-refractivity contribution in [3.05, 3.63) is 22.2 Å². The maximum atomic E-state index is 9.21. The van der Waals surface area contributed by atoms with Crippen molar-refractivity contribution in [2.75, 3.05) is 13.7 Å². The molecule has 5 heteroatoms. The number of aliphatic hydroxyl groups excluding tert-OH is 1. The molecule has 1 atom stereocenters. The van der Waals surface area contributed by atoms with Gasteiger partial charge in [-0.15, -0.1) is 0 Å². The lowest BCUT2D eigenvalue weighted by molar-refractivity contribution is 0.191. The minimum atomic E-state index is -0.353. The van der Waals surface area contributed by atoms with Crippen LogP contribution in [0.1, 0.15) is 26.3 Å². The van der Waals surface area contributed by atoms with Crippen molar-refractivity contribution in [1.29, 1.82) is 0 Å². The van der Waals surface area contributed by atoms with Gasteiger partial charge in [0.25, 0.3) is 0 Å². The van der Waals surface area contributed by atoms with E-state index in [0.717, 1.165) is 15.8 Å². The summed E-state index contributed by atoms with van der Waals surface area (Å²) in [6, 6.07) is 3.94. The fourth-order valence-electron chi connectivity index (χ4n) is 1.65. The summed E-state index contributed by atoms with van der Waals surface area (Å²) in [6.45, 7) is 6.93. The van der Waals surface area contributed by atoms with Crippen LogP contribution in [0, 0.1) is 0 Å². The Morgan fingerprint density at radius 2 is 2.00 bits per heavy atom. The van der Waals surface area contributed by atoms with Crippen LogP contribution in [0.25, 0.3) is 0 Å². The molecule has 1 rings (SSSR count). The number of aliphatic hydroxyl groups is 1. The SMILES string of the molecule is COc1cc(CNC[C@H](C)O)cc(Br)c1OC(C)C. The molecule has 0 saturated carbocycles. The summed E-state index contributed by atoms with van der Waals surface area (Å²) in [5.41, 5.74) is 1.07. The van der Waals surface area contributed by atoms with Crippen LogP contribution in [0.2, 0.25) is 0 Å². The number of hydrogen-bond donors (Lipinski definition) is 2. The van der Waals surface area contributed by atoms with Gasteiger partial charge in [0.2, 0.25) is 0 Å². The molecule has 1 aromatic carbocycles. The quantitative estimate of drug-likeness (QED) is 0.806. The number of nitrogens with one attached hydrogen (secondary N) is 1. The van der Waals surface area contributed by atoms with Crippen LogP contribution in [0.3, 0.4) is 0 Å². The molecular weight excluding hydrogens is 310 g/mol. The normalized spacial score (nSPS) is 12.6. The Morgan fingerprint density at radius 1 is 1.32 bits per heavy atom. The van der Waals surface area contributed by atoms with Gasteiger partial charge in [-0.05, 0) is 54.4 Å². The minimum Gasteiger partial charge on any atom is -0.493 e. The first kappa shape index (κ1) is 16.3. The molecule has 0 fully saturated rings. The maximum Gasteiger partial charge on any atom is 0.175 e. The molecule has 2 N–H and O–H groups in total. The summed E-state index contributed by atoms with van der Waals surface area (Å²) in [7, 11) is 1.63. The minimum absolute atomic E-state index is 0.0874. The van der Waals surface area contributed by atoms with Gasteiger partial charge in [-0.25, -0.2) is 0 Å². The van der Waals surface area contributed by atoms with Gasteiger partial charge < -0.3 is 19.9 Å². The molecule has 0 aromatic heterocycles. The molecule has 0 radical (unpaired) electrons. The summed E-state index contributed by atoms with van der Waals surface area (Å²) in [6.07, 6.45) is -0.265. The van der Waals surface area contributed by atoms with Crippen molar-refractivity contribution in [3.8, 4) is 11.5 Å². The zero-order valence-electron chi connectivity index (χ0n) is 11.9. The lowest BCUT2D eigenvalue weighted by Crippen LogP contribution is -2.23. The number of methoxy groups -OCH3 is 1. The third-order valence-corrected chi connectivity index (χ3v) is 3.00. The smallest absolute Gasteiger partial charge is 0.175 e. The summed E-state index contributed by atoms with van der Waals surface area (Å²) in [4.78, 5) is 0. The molecule has 0 aliphatic heterocycles. The molecule has 1 aromatic rings. The average Bonchev–Trinajstić information content (AvgIpc) is 2.31. The van der Waals surface area contributed by atoms with Gasteiger partial charge in [0.05, 0.1) is 23.8 Å². The van der Waals surface area contributed by atoms with E-state index in [0.29, 0.717) is 18.8 Å². The third-order valence-electron chi connectivity index (χ3n) is 2.41. The number of benzene rings is 1. The fraction of sp³-hybridized carbons (Fsp3) is 0.571. The molecular formula is C14H22BrNO3. The van der Waals surface area contributed by atoms with E-state index >= 15 is 0 Å². The predicted molar refractivity (Wildman–Crippen MR) is 79.8 cm³/mol. The van der Waals surface area contributed by atoms with E-state index in [1.54, 1.807) is 14.0 Å². The van der Waals surface area contributed by atoms with Crippen LogP contribution in [-0.4, -0.2) is 31.0 Å². The predicted octanol–water partition coefficient (Wildman–Crippen LogP) is 2.72. The second-order valence-corrected chi connectivity index (χ2v) is 5.61. The lowest BCUT2D eigenvalue weighted by atomic mass is 10.2. The van der Waals surface area contributed by atoms with Crippen LogP contribution < -0.4 is 14.8 Å². The Hall–Kier alpha value is -0.780. The van der Waals surface area contributed by atoms with Gasteiger partial charge in [0.1, 0.15) is 0 Å². The zero-order valence-corrected chi connectivity index (χ0v) is 13.5. The molecule has 0 heterocycles. The molecule has 108 valence electrons. The number of ether oxygens (including phenoxy) is 2. The highest BCUT2D eigenvalue weighted by Crippen LogP contribution is 2.37. The molecule has 0 amide bonds. The Labute approximate surface area is 123 Å². The Morgan fingerprint density at radius 3 is 2.53 bits per heavy atom. The van der Waals surface area contributed by atoms with E-state index in [2.05, 4.69) is 21.2 Å². The Bertz CT molecular complexity index is 408. The highest BCUT2D eigenvalue weighted by atomic mass is 79.9. The van der Waals surface area contributed by atoms with Gasteiger partial charge >= 0.3 is 0 Å². The van der Waals surface area contributed by atoms with E-state index in [1.165, 1.54) is 0 Å². The number of halogens is 1. The monoisotopic (exact) mass is 331 g/mol. The van der Waals surface area contributed by atoms with E-state index in [4.69, 9.17) is 9.47 Å². The molecule has 0 aliphatic rings. The standard InChI is InChI=1S/C14H22BrNO3/c1-9(2)19-14-12(15)5-11(6-13(14)18-4)8-16-7-10(3)17/h5-6,9-10,16-17H,7-8H2,1-4H3/t10-/m0/s1. The van der Waals surface area contributed by atoms with Gasteiger partial charge in [-0.1, -0.05) is 0 Å². The van der Waals surface area contributed by atoms with Crippen molar-refractivity contribution < 1.29 is 14.6 Å². The number of rotatable bonds is 7. The molecule has 4 nitrogen and oxygen atoms in total. The summed E-state index contributed by atoms with van der Waals surface area (Å²) >= 11 is 3.51. The van der Waals surface area contributed by atoms with Crippen LogP contribution in [0.5, 0.6) is 11.5 Å². The van der Waals surface area contributed by atoms with E-state index in [9.17, 15) is 5.11 Å². The Kier molecular flexibility index (Phi) is 6.62. The van der Waals surface area contributed by atoms with E-state index in [1.807, 2.05) is 26.0 Å². The van der Waals surface area contributed by atoms with Crippen molar-refractivity contribution >= 4 is 15.9 Å². The topological polar surface area (TPSA) is 50.7 Å². The third kappa shape index (κ3) is 5.38. The summed E-state index contributed by atoms with van der Waals surface area (Å²) < 4.78 is 12.0. The number of hydrogen-bond acceptors (Lipinski definition) is 4. The molecule has 0 unspecified atom stereocenters. The summed E-state index contributed by atoms with van der Waals surface area (Å²) in [5.74, 6) is 1.42. The van der Waals surface area contributed by atoms with Crippen LogP contribution in [0.15, 0.2) is 16.6 Å². The highest BCUT2D eigenvalue weighted by molar-refractivity contribution is 9.10. The van der Waals surface area contributed by atoms with Crippen LogP contribution in [-0.2, 0) is 6.54 Å². The van der Waals surface area contributed by atoms with Gasteiger partial charge in [0.15, 0.2) is 11.5 Å². The Balaban J connectivity index is 2.83. The average molecular weight is 332 g/mol. The van der Waals surface area contributed by atoms with E-state index in [-0.39, 0.29) is 12.2 Å². The van der Waals surface area contributed by atoms with Crippen molar-refractivity contribution in [1.82, 2.24) is 5.32 Å². The summed E-state index contributed by atoms with van der Waals surface area (Å²) in [5, 5.41) is 12.4. The first-order valence-electron chi connectivity index (χ1n) is 6.36. The molecule has 0 saturated heterocycles. The molecule has 19 heavy (non-hydrogen) atoms.